The van der Waals surface area contributed by atoms with Gasteiger partial charge in [0, 0.05) is 53.1 Å². The highest BCUT2D eigenvalue weighted by Gasteiger charge is 2.62. The molecule has 33 heteroatoms. The average Bonchev–Trinajstić information content (AvgIpc) is 0.926. The van der Waals surface area contributed by atoms with Crippen molar-refractivity contribution in [2.24, 2.45) is 5.11 Å². The summed E-state index contributed by atoms with van der Waals surface area (Å²) in [4.78, 5) is 92.3. The van der Waals surface area contributed by atoms with Crippen LogP contribution in [-0.4, -0.2) is 265 Å². The Balaban J connectivity index is 0.870. The molecule has 7 fully saturated rings. The minimum atomic E-state index is -2.07. The van der Waals surface area contributed by atoms with Gasteiger partial charge in [0.15, 0.2) is 62.2 Å². The van der Waals surface area contributed by atoms with Gasteiger partial charge in [-0.15, -0.1) is 0 Å². The summed E-state index contributed by atoms with van der Waals surface area (Å²) in [6.45, 7) is -1.88. The summed E-state index contributed by atoms with van der Waals surface area (Å²) in [6, 6.07) is 55.3. The standard InChI is InChI=1S/C85H89N3O30/c1-95-42-54-61(66(97-3)70(99-5)82(106-54)115-60-57-46-104-81(105-57)59(87-88-86)65(60)96-2)116-83-71(100-6)67(98-4)62(55(107-83)43-101-74(89)47-28-14-7-15-29-47)117-84-73(113-79(94)52-38-24-12-25-39-52)69(111-77(92)50-34-20-10-21-35-50)64(56(108-84)44-102-75(90)48-30-16-8-17-31-48)118-85-72(112-78(93)51-36-22-11-23-37-51)68(110-76(91)49-32-18-9-19-33-49)63-58(109-85)45-103-80(114-63)53-40-26-13-27-41-53/h7-41,54-73,80-85H,42-46H2,1-6H3/t54-,55-,56?,57?,58?,59?,60-,61+,62+,63+,64+,65-,66?,67?,68?,69?,70?,71?,72-,73-,80?,81+,82-,83+,84-,85-/m0/s1. The minimum Gasteiger partial charge on any atom is -0.459 e. The Hall–Kier alpha value is -10.1. The lowest BCUT2D eigenvalue weighted by Crippen LogP contribution is -2.69. The van der Waals surface area contributed by atoms with Crippen LogP contribution in [0, 0.1) is 0 Å². The number of benzene rings is 7. The van der Waals surface area contributed by atoms with Crippen molar-refractivity contribution in [1.29, 1.82) is 0 Å². The number of hydrogen-bond acceptors (Lipinski definition) is 31. The fraction of sp³-hybridized carbons (Fsp3) is 0.435. The number of carbonyl (C=O) groups is 6. The molecule has 7 heterocycles. The predicted octanol–water partition coefficient (Wildman–Crippen LogP) is 8.31. The first-order valence-electron chi connectivity index (χ1n) is 38.2. The summed E-state index contributed by atoms with van der Waals surface area (Å²) >= 11 is 0. The number of rotatable bonds is 31. The van der Waals surface area contributed by atoms with Crippen LogP contribution in [0.4, 0.5) is 0 Å². The topological polar surface area (TPSA) is 373 Å². The quantitative estimate of drug-likeness (QED) is 0.0129. The van der Waals surface area contributed by atoms with E-state index in [4.69, 9.17) is 114 Å². The van der Waals surface area contributed by atoms with Crippen LogP contribution in [0.5, 0.6) is 0 Å². The monoisotopic (exact) mass is 1630 g/mol. The van der Waals surface area contributed by atoms with Crippen molar-refractivity contribution in [3.8, 4) is 0 Å². The molecule has 7 aromatic carbocycles. The van der Waals surface area contributed by atoms with E-state index in [0.29, 0.717) is 5.56 Å². The predicted molar refractivity (Wildman–Crippen MR) is 404 cm³/mol. The van der Waals surface area contributed by atoms with E-state index in [2.05, 4.69) is 10.0 Å². The van der Waals surface area contributed by atoms with Crippen molar-refractivity contribution in [2.75, 3.05) is 75.7 Å². The number of azide groups is 1. The zero-order valence-corrected chi connectivity index (χ0v) is 64.8. The Morgan fingerprint density at radius 2 is 0.678 bits per heavy atom. The molecule has 7 aliphatic heterocycles. The second-order valence-corrected chi connectivity index (χ2v) is 28.2. The van der Waals surface area contributed by atoms with E-state index in [1.165, 1.54) is 115 Å². The Bertz CT molecular complexity index is 4480. The highest BCUT2D eigenvalue weighted by molar-refractivity contribution is 5.92. The number of esters is 6. The van der Waals surface area contributed by atoms with Gasteiger partial charge in [0.2, 0.25) is 0 Å². The van der Waals surface area contributed by atoms with Gasteiger partial charge in [-0.25, -0.2) is 28.8 Å². The van der Waals surface area contributed by atoms with E-state index in [1.54, 1.807) is 140 Å². The van der Waals surface area contributed by atoms with Gasteiger partial charge in [0.1, 0.15) is 105 Å². The molecule has 0 aliphatic carbocycles. The first-order chi connectivity index (χ1) is 57.7. The van der Waals surface area contributed by atoms with E-state index >= 15 is 9.59 Å². The van der Waals surface area contributed by atoms with Crippen LogP contribution in [0.1, 0.15) is 74.0 Å². The third-order valence-corrected chi connectivity index (χ3v) is 21.0. The summed E-state index contributed by atoms with van der Waals surface area (Å²) in [5.74, 6) is -5.63. The Morgan fingerprint density at radius 3 is 1.08 bits per heavy atom. The maximum absolute atomic E-state index is 15.4. The molecule has 7 saturated heterocycles. The maximum Gasteiger partial charge on any atom is 0.338 e. The Morgan fingerprint density at radius 1 is 0.339 bits per heavy atom. The van der Waals surface area contributed by atoms with Crippen LogP contribution < -0.4 is 0 Å². The first-order valence-corrected chi connectivity index (χ1v) is 38.2. The van der Waals surface area contributed by atoms with Gasteiger partial charge in [-0.3, -0.25) is 0 Å². The lowest BCUT2D eigenvalue weighted by Gasteiger charge is -2.52. The van der Waals surface area contributed by atoms with Gasteiger partial charge in [-0.05, 0) is 78.3 Å². The van der Waals surface area contributed by atoms with Gasteiger partial charge in [-0.1, -0.05) is 145 Å². The second-order valence-electron chi connectivity index (χ2n) is 28.2. The fourth-order valence-corrected chi connectivity index (χ4v) is 15.3. The summed E-state index contributed by atoms with van der Waals surface area (Å²) in [5.41, 5.74) is 10.5. The lowest BCUT2D eigenvalue weighted by atomic mass is 9.94. The molecule has 0 spiro atoms. The fourth-order valence-electron chi connectivity index (χ4n) is 15.3. The molecule has 7 aliphatic rings. The lowest BCUT2D eigenvalue weighted by molar-refractivity contribution is -0.398. The van der Waals surface area contributed by atoms with Crippen molar-refractivity contribution < 1.29 is 142 Å². The van der Waals surface area contributed by atoms with E-state index in [0.717, 1.165) is 0 Å². The summed E-state index contributed by atoms with van der Waals surface area (Å²) < 4.78 is 157. The molecule has 26 atom stereocenters. The highest BCUT2D eigenvalue weighted by atomic mass is 16.8. The summed E-state index contributed by atoms with van der Waals surface area (Å²) in [7, 11) is 8.35. The van der Waals surface area contributed by atoms with Crippen molar-refractivity contribution in [2.45, 2.75) is 160 Å². The van der Waals surface area contributed by atoms with Crippen molar-refractivity contribution in [1.82, 2.24) is 0 Å². The molecule has 0 aromatic heterocycles. The van der Waals surface area contributed by atoms with Crippen LogP contribution in [0.3, 0.4) is 0 Å². The molecule has 33 nitrogen and oxygen atoms in total. The van der Waals surface area contributed by atoms with Crippen molar-refractivity contribution >= 4 is 35.8 Å². The minimum absolute atomic E-state index is 0.0282. The molecule has 624 valence electrons. The van der Waals surface area contributed by atoms with Crippen LogP contribution >= 0.6 is 0 Å². The number of nitrogens with zero attached hydrogens (tertiary/aromatic N) is 3. The number of fused-ring (bicyclic) bond motifs is 3. The molecule has 0 amide bonds. The molecule has 2 bridgehead atoms. The molecular weight excluding hydrogens is 1540 g/mol. The van der Waals surface area contributed by atoms with E-state index in [9.17, 15) is 24.7 Å². The molecule has 11 unspecified atom stereocenters. The van der Waals surface area contributed by atoms with Gasteiger partial charge < -0.3 is 114 Å². The maximum atomic E-state index is 15.4. The number of methoxy groups -OCH3 is 6. The summed E-state index contributed by atoms with van der Waals surface area (Å²) in [5, 5.41) is 3.93. The van der Waals surface area contributed by atoms with Crippen LogP contribution in [-0.2, 0) is 114 Å². The molecule has 0 radical (unpaired) electrons. The van der Waals surface area contributed by atoms with Crippen LogP contribution in [0.25, 0.3) is 10.4 Å². The third-order valence-electron chi connectivity index (χ3n) is 21.0. The Kier molecular flexibility index (Phi) is 28.7. The van der Waals surface area contributed by atoms with Crippen molar-refractivity contribution in [3.05, 3.63) is 262 Å². The van der Waals surface area contributed by atoms with E-state index < -0.39 is 209 Å². The van der Waals surface area contributed by atoms with Gasteiger partial charge in [0.25, 0.3) is 0 Å². The largest absolute Gasteiger partial charge is 0.459 e. The van der Waals surface area contributed by atoms with Gasteiger partial charge in [0.05, 0.1) is 59.3 Å². The average molecular weight is 1630 g/mol. The zero-order valence-electron chi connectivity index (χ0n) is 64.8. The molecule has 14 rings (SSSR count). The van der Waals surface area contributed by atoms with Crippen molar-refractivity contribution in [3.63, 3.8) is 0 Å². The van der Waals surface area contributed by atoms with Crippen LogP contribution in [0.15, 0.2) is 217 Å². The molecule has 118 heavy (non-hydrogen) atoms. The third kappa shape index (κ3) is 19.3. The van der Waals surface area contributed by atoms with Crippen LogP contribution in [0.2, 0.25) is 0 Å². The van der Waals surface area contributed by atoms with E-state index in [1.807, 2.05) is 0 Å². The normalized spacial score (nSPS) is 32.3. The summed E-state index contributed by atoms with van der Waals surface area (Å²) in [6.07, 6.45) is -35.9. The highest BCUT2D eigenvalue weighted by Crippen LogP contribution is 2.44. The number of carbonyl (C=O) groups excluding carboxylic acids is 6. The molecule has 0 N–H and O–H groups in total. The smallest absolute Gasteiger partial charge is 0.338 e. The zero-order chi connectivity index (χ0) is 82.2. The number of ether oxygens (including phenoxy) is 24. The van der Waals surface area contributed by atoms with Gasteiger partial charge in [-0.2, -0.15) is 0 Å². The molecular formula is C85H89N3O30. The van der Waals surface area contributed by atoms with Gasteiger partial charge >= 0.3 is 35.8 Å². The van der Waals surface area contributed by atoms with E-state index in [-0.39, 0.29) is 53.2 Å². The second kappa shape index (κ2) is 40.1. The SMILES string of the molecule is COC[C@@H]1O[C@@H](O[C@H]2C3CO[C@H](O3)C(N=[N+]=[N-])[C@@H]2OC)C(OC)C(OC)[C@@H]1O[C@H]1O[C@@H](COC(=O)c2ccccc2)[C@@H](O[C@@H]2OC(COC(=O)c3ccccc3)[C@@H](O[C@@H]3OC4COC(c5ccccc5)O[C@H]4C(OC(=O)c4ccccc4)[C@@H]3OC(=O)c3ccccc3)C(OC(=O)c3ccccc3)[C@@H]2OC(=O)c2ccccc2)C(OC)C1OC. The molecule has 0 saturated carbocycles. The number of hydrogen-bond donors (Lipinski definition) is 0. The molecule has 7 aromatic rings. The Labute approximate surface area is 677 Å². The first kappa shape index (κ1) is 84.4.